The van der Waals surface area contributed by atoms with Gasteiger partial charge in [0.05, 0.1) is 34.3 Å². The smallest absolute Gasteiger partial charge is 0.409 e. The van der Waals surface area contributed by atoms with E-state index in [-0.39, 0.29) is 24.0 Å². The molecule has 6 heterocycles. The average molecular weight is 986 g/mol. The van der Waals surface area contributed by atoms with Gasteiger partial charge < -0.3 is 29.1 Å². The van der Waals surface area contributed by atoms with Crippen LogP contribution in [0.3, 0.4) is 0 Å². The van der Waals surface area contributed by atoms with Crippen molar-refractivity contribution in [2.75, 3.05) is 65.6 Å². The van der Waals surface area contributed by atoms with E-state index in [9.17, 15) is 19.2 Å². The number of aromatic nitrogens is 4. The first kappa shape index (κ1) is 48.6. The van der Waals surface area contributed by atoms with Crippen LogP contribution < -0.4 is 0 Å². The van der Waals surface area contributed by atoms with Gasteiger partial charge in [-0.2, -0.15) is 0 Å². The second-order valence-corrected chi connectivity index (χ2v) is 19.1. The molecule has 6 aromatic rings. The third-order valence-corrected chi connectivity index (χ3v) is 14.6. The lowest BCUT2D eigenvalue weighted by Crippen LogP contribution is -2.50. The Morgan fingerprint density at radius 1 is 0.557 bits per heavy atom. The molecule has 4 aliphatic rings. The van der Waals surface area contributed by atoms with Crippen LogP contribution in [0.25, 0.3) is 21.8 Å². The largest absolute Gasteiger partial charge is 0.449 e. The number of fused-ring (bicyclic) bond motifs is 4. The highest BCUT2D eigenvalue weighted by Crippen LogP contribution is 2.39. The monoisotopic (exact) mass is 984 g/mol. The number of hydrogen-bond acceptors (Lipinski definition) is 10. The van der Waals surface area contributed by atoms with Crippen LogP contribution in [0.5, 0.6) is 0 Å². The van der Waals surface area contributed by atoms with Crippen molar-refractivity contribution in [3.63, 3.8) is 0 Å². The van der Waals surface area contributed by atoms with Gasteiger partial charge in [-0.1, -0.05) is 61.3 Å². The summed E-state index contributed by atoms with van der Waals surface area (Å²) in [6, 6.07) is 23.2. The van der Waals surface area contributed by atoms with Gasteiger partial charge in [-0.3, -0.25) is 29.5 Å². The molecule has 4 aromatic heterocycles. The number of hydrogen-bond donors (Lipinski definition) is 0. The van der Waals surface area contributed by atoms with Gasteiger partial charge in [0.15, 0.2) is 0 Å². The first-order chi connectivity index (χ1) is 34.1. The highest BCUT2D eigenvalue weighted by molar-refractivity contribution is 6.36. The molecule has 2 saturated heterocycles. The van der Waals surface area contributed by atoms with Crippen LogP contribution in [-0.2, 0) is 35.2 Å². The highest BCUT2D eigenvalue weighted by Gasteiger charge is 2.30. The molecule has 0 saturated carbocycles. The number of carbonyl (C=O) groups is 4. The first-order valence-electron chi connectivity index (χ1n) is 24.6. The number of amides is 4. The van der Waals surface area contributed by atoms with Crippen molar-refractivity contribution in [1.82, 2.24) is 39.5 Å². The number of nitrogens with zero attached hydrogens (tertiary/aromatic N) is 8. The Bertz CT molecular complexity index is 2680. The first-order valence-corrected chi connectivity index (χ1v) is 25.3. The summed E-state index contributed by atoms with van der Waals surface area (Å²) in [5, 5.41) is 3.23. The maximum Gasteiger partial charge on any atom is 0.409 e. The van der Waals surface area contributed by atoms with Crippen molar-refractivity contribution in [2.24, 2.45) is 0 Å². The van der Waals surface area contributed by atoms with Crippen molar-refractivity contribution in [1.29, 1.82) is 0 Å². The summed E-state index contributed by atoms with van der Waals surface area (Å²) in [6.07, 6.45) is 9.91. The van der Waals surface area contributed by atoms with Gasteiger partial charge in [0.2, 0.25) is 0 Å². The molecule has 2 aromatic carbocycles. The fourth-order valence-corrected chi connectivity index (χ4v) is 10.6. The van der Waals surface area contributed by atoms with Crippen LogP contribution in [0.2, 0.25) is 10.0 Å². The van der Waals surface area contributed by atoms with Crippen LogP contribution in [0, 0.1) is 0 Å². The molecule has 0 spiro atoms. The summed E-state index contributed by atoms with van der Waals surface area (Å²) in [7, 11) is 0. The van der Waals surface area contributed by atoms with E-state index in [0.29, 0.717) is 88.5 Å². The van der Waals surface area contributed by atoms with Crippen molar-refractivity contribution in [2.45, 2.75) is 77.0 Å². The van der Waals surface area contributed by atoms with E-state index >= 15 is 0 Å². The van der Waals surface area contributed by atoms with E-state index in [0.717, 1.165) is 117 Å². The lowest BCUT2D eigenvalue weighted by Gasteiger charge is -2.34. The zero-order valence-corrected chi connectivity index (χ0v) is 41.3. The van der Waals surface area contributed by atoms with E-state index in [2.05, 4.69) is 22.1 Å². The maximum absolute atomic E-state index is 13.2. The Morgan fingerprint density at radius 3 is 1.33 bits per heavy atom. The average Bonchev–Trinajstić information content (AvgIpc) is 3.41. The summed E-state index contributed by atoms with van der Waals surface area (Å²) >= 11 is 13.6. The zero-order valence-electron chi connectivity index (χ0n) is 39.7. The standard InChI is InChI=1S/2C27H29ClN4O3/c2*1-2-15-35-27(34)32-13-11-31(12-14-32)26(33)19-7-9-21-24(17-19)30-23-16-18(6-8-20(23)25(21)28)22-5-3-4-10-29-22/h2*3-5,7,9-10,17-18H,2,6,8,11-16H2,1H3/t2*18-/m10/s1. The highest BCUT2D eigenvalue weighted by atomic mass is 35.5. The van der Waals surface area contributed by atoms with E-state index in [4.69, 9.17) is 42.6 Å². The van der Waals surface area contributed by atoms with Crippen LogP contribution in [0.15, 0.2) is 85.2 Å². The molecular formula is C54H58Cl2N8O6. The molecule has 0 N–H and O–H groups in total. The van der Waals surface area contributed by atoms with Crippen LogP contribution >= 0.6 is 23.2 Å². The normalized spacial score (nSPS) is 17.8. The van der Waals surface area contributed by atoms with E-state index in [1.807, 2.05) is 86.9 Å². The Hall–Kier alpha value is -6.38. The topological polar surface area (TPSA) is 151 Å². The molecule has 70 heavy (non-hydrogen) atoms. The molecule has 2 aliphatic heterocycles. The van der Waals surface area contributed by atoms with Gasteiger partial charge in [-0.15, -0.1) is 0 Å². The molecule has 4 amide bonds. The summed E-state index contributed by atoms with van der Waals surface area (Å²) in [5.74, 6) is 0.510. The van der Waals surface area contributed by atoms with Gasteiger partial charge >= 0.3 is 12.2 Å². The van der Waals surface area contributed by atoms with Gasteiger partial charge in [-0.05, 0) is 111 Å². The van der Waals surface area contributed by atoms with Crippen molar-refractivity contribution in [3.05, 3.63) is 140 Å². The van der Waals surface area contributed by atoms with Gasteiger partial charge in [0, 0.05) is 121 Å². The van der Waals surface area contributed by atoms with Gasteiger partial charge in [-0.25, -0.2) is 9.59 Å². The number of ether oxygens (including phenoxy) is 2. The Kier molecular flexibility index (Phi) is 15.4. The second-order valence-electron chi connectivity index (χ2n) is 18.3. The van der Waals surface area contributed by atoms with Crippen molar-refractivity contribution >= 4 is 69.0 Å². The minimum atomic E-state index is -0.308. The zero-order chi connectivity index (χ0) is 48.7. The molecule has 2 fully saturated rings. The number of benzene rings is 2. The third-order valence-electron chi connectivity index (χ3n) is 13.8. The summed E-state index contributed by atoms with van der Waals surface area (Å²) in [6.45, 7) is 8.52. The maximum atomic E-state index is 13.2. The fourth-order valence-electron chi connectivity index (χ4n) is 9.89. The number of pyridine rings is 4. The Balaban J connectivity index is 0.000000174. The molecule has 2 aliphatic carbocycles. The van der Waals surface area contributed by atoms with Crippen LogP contribution in [-0.4, -0.2) is 129 Å². The predicted octanol–water partition coefficient (Wildman–Crippen LogP) is 9.72. The van der Waals surface area contributed by atoms with Crippen molar-refractivity contribution in [3.8, 4) is 0 Å². The van der Waals surface area contributed by atoms with Crippen LogP contribution in [0.4, 0.5) is 9.59 Å². The number of piperazine rings is 2. The minimum Gasteiger partial charge on any atom is -0.449 e. The fraction of sp³-hybridized carbons (Fsp3) is 0.407. The third kappa shape index (κ3) is 10.7. The molecule has 16 heteroatoms. The summed E-state index contributed by atoms with van der Waals surface area (Å²) in [5.41, 5.74) is 9.01. The van der Waals surface area contributed by atoms with Crippen molar-refractivity contribution < 1.29 is 28.7 Å². The minimum absolute atomic E-state index is 0.0597. The predicted molar refractivity (Wildman–Crippen MR) is 270 cm³/mol. The molecular weight excluding hydrogens is 928 g/mol. The summed E-state index contributed by atoms with van der Waals surface area (Å²) < 4.78 is 10.4. The molecule has 10 rings (SSSR count). The number of rotatable bonds is 8. The van der Waals surface area contributed by atoms with E-state index in [1.165, 1.54) is 0 Å². The van der Waals surface area contributed by atoms with E-state index < -0.39 is 0 Å². The molecule has 14 nitrogen and oxygen atoms in total. The SMILES string of the molecule is CCCOC(=O)N1CCN(C(=O)c2ccc3c(Cl)c4c(nc3c2)C[C@@H](c2ccccn2)CC4)CC1.CCCOC(=O)N1CCN(C(=O)c2ccc3c(Cl)c4c(nc3c2)C[C@H](c2ccccn2)CC4)CC1. The number of carbonyl (C=O) groups excluding carboxylic acids is 4. The lowest BCUT2D eigenvalue weighted by atomic mass is 9.84. The quantitative estimate of drug-likeness (QED) is 0.144. The van der Waals surface area contributed by atoms with Gasteiger partial charge in [0.25, 0.3) is 11.8 Å². The lowest BCUT2D eigenvalue weighted by molar-refractivity contribution is 0.0560. The number of halogens is 2. The Morgan fingerprint density at radius 2 is 0.957 bits per heavy atom. The molecule has 0 unspecified atom stereocenters. The molecule has 0 bridgehead atoms. The second kappa shape index (κ2) is 22.1. The molecule has 2 atom stereocenters. The van der Waals surface area contributed by atoms with Crippen LogP contribution in [0.1, 0.15) is 106 Å². The Labute approximate surface area is 418 Å². The van der Waals surface area contributed by atoms with Gasteiger partial charge in [0.1, 0.15) is 0 Å². The molecule has 0 radical (unpaired) electrons. The summed E-state index contributed by atoms with van der Waals surface area (Å²) in [4.78, 5) is 76.5. The molecule has 364 valence electrons. The van der Waals surface area contributed by atoms with E-state index in [1.54, 1.807) is 19.6 Å².